The zero-order valence-electron chi connectivity index (χ0n) is 13.9. The van der Waals surface area contributed by atoms with Gasteiger partial charge in [-0.25, -0.2) is 0 Å². The Hall–Kier alpha value is -1.92. The predicted octanol–water partition coefficient (Wildman–Crippen LogP) is 0.926. The second-order valence-electron chi connectivity index (χ2n) is 6.43. The van der Waals surface area contributed by atoms with Crippen molar-refractivity contribution in [1.82, 2.24) is 9.80 Å². The number of hydrogen-bond acceptors (Lipinski definition) is 4. The quantitative estimate of drug-likeness (QED) is 0.890. The maximum Gasteiger partial charge on any atom is 0.251 e. The number of amides is 2. The van der Waals surface area contributed by atoms with E-state index in [1.54, 1.807) is 0 Å². The highest BCUT2D eigenvalue weighted by atomic mass is 16.5. The predicted molar refractivity (Wildman–Crippen MR) is 90.1 cm³/mol. The summed E-state index contributed by atoms with van der Waals surface area (Å²) in [6.45, 7) is 2.96. The molecular formula is C18H25N3O3. The van der Waals surface area contributed by atoms with Crippen molar-refractivity contribution in [2.24, 2.45) is 5.73 Å². The van der Waals surface area contributed by atoms with Crippen molar-refractivity contribution in [2.75, 3.05) is 32.8 Å². The highest BCUT2D eigenvalue weighted by Crippen LogP contribution is 2.18. The van der Waals surface area contributed by atoms with Crippen LogP contribution in [0.3, 0.4) is 0 Å². The number of nitrogens with zero attached hydrogens (tertiary/aromatic N) is 2. The molecular weight excluding hydrogens is 306 g/mol. The topological polar surface area (TPSA) is 75.9 Å². The molecule has 6 heteroatoms. The second kappa shape index (κ2) is 7.77. The first-order valence-corrected chi connectivity index (χ1v) is 8.64. The zero-order valence-corrected chi connectivity index (χ0v) is 13.9. The number of carbonyl (C=O) groups is 2. The summed E-state index contributed by atoms with van der Waals surface area (Å²) in [6.07, 6.45) is 1.78. The minimum Gasteiger partial charge on any atom is -0.368 e. The lowest BCUT2D eigenvalue weighted by atomic mass is 10.0. The molecule has 2 atom stereocenters. The molecule has 0 spiro atoms. The molecule has 2 aliphatic rings. The van der Waals surface area contributed by atoms with Gasteiger partial charge in [0, 0.05) is 45.2 Å². The first-order valence-electron chi connectivity index (χ1n) is 8.64. The molecule has 6 nitrogen and oxygen atoms in total. The fourth-order valence-corrected chi connectivity index (χ4v) is 3.29. The minimum absolute atomic E-state index is 0.0515. The van der Waals surface area contributed by atoms with Gasteiger partial charge in [-0.3, -0.25) is 9.59 Å². The molecule has 0 aromatic heterocycles. The molecule has 2 N–H and O–H groups in total. The van der Waals surface area contributed by atoms with Crippen molar-refractivity contribution < 1.29 is 14.3 Å². The van der Waals surface area contributed by atoms with Gasteiger partial charge in [0.05, 0.1) is 0 Å². The minimum atomic E-state index is -0.287. The lowest BCUT2D eigenvalue weighted by Gasteiger charge is -2.36. The Morgan fingerprint density at radius 3 is 2.42 bits per heavy atom. The Morgan fingerprint density at radius 2 is 1.79 bits per heavy atom. The number of benzene rings is 1. The molecule has 2 saturated heterocycles. The third-order valence-corrected chi connectivity index (χ3v) is 4.77. The Balaban J connectivity index is 1.47. The van der Waals surface area contributed by atoms with Gasteiger partial charge in [0.25, 0.3) is 5.91 Å². The van der Waals surface area contributed by atoms with Crippen LogP contribution in [0.5, 0.6) is 0 Å². The molecule has 0 radical (unpaired) electrons. The molecule has 1 aromatic rings. The third kappa shape index (κ3) is 3.94. The van der Waals surface area contributed by atoms with Crippen LogP contribution < -0.4 is 5.73 Å². The van der Waals surface area contributed by atoms with Crippen LogP contribution in [0.2, 0.25) is 0 Å². The van der Waals surface area contributed by atoms with Gasteiger partial charge < -0.3 is 20.3 Å². The van der Waals surface area contributed by atoms with Crippen LogP contribution in [0.1, 0.15) is 30.9 Å². The van der Waals surface area contributed by atoms with Gasteiger partial charge in [0.1, 0.15) is 6.10 Å². The number of piperazine rings is 1. The van der Waals surface area contributed by atoms with E-state index < -0.39 is 0 Å². The fourth-order valence-electron chi connectivity index (χ4n) is 3.29. The average Bonchev–Trinajstić information content (AvgIpc) is 3.16. The molecule has 1 aromatic carbocycles. The Bertz CT molecular complexity index is 564. The summed E-state index contributed by atoms with van der Waals surface area (Å²) in [7, 11) is 0. The van der Waals surface area contributed by atoms with E-state index in [9.17, 15) is 9.59 Å². The van der Waals surface area contributed by atoms with E-state index in [-0.39, 0.29) is 24.0 Å². The van der Waals surface area contributed by atoms with Gasteiger partial charge in [0.15, 0.2) is 0 Å². The fraction of sp³-hybridized carbons (Fsp3) is 0.556. The molecule has 2 aliphatic heterocycles. The van der Waals surface area contributed by atoms with Crippen LogP contribution >= 0.6 is 0 Å². The molecule has 130 valence electrons. The summed E-state index contributed by atoms with van der Waals surface area (Å²) in [6, 6.07) is 9.38. The molecule has 2 unspecified atom stereocenters. The van der Waals surface area contributed by atoms with Crippen molar-refractivity contribution in [3.63, 3.8) is 0 Å². The summed E-state index contributed by atoms with van der Waals surface area (Å²) in [5.41, 5.74) is 7.10. The van der Waals surface area contributed by atoms with Crippen LogP contribution in [0.15, 0.2) is 30.3 Å². The average molecular weight is 331 g/mol. The van der Waals surface area contributed by atoms with Crippen molar-refractivity contribution in [1.29, 1.82) is 0 Å². The molecule has 0 saturated carbocycles. The van der Waals surface area contributed by atoms with E-state index in [0.717, 1.165) is 18.4 Å². The Kier molecular flexibility index (Phi) is 5.48. The van der Waals surface area contributed by atoms with Gasteiger partial charge in [0.2, 0.25) is 5.91 Å². The van der Waals surface area contributed by atoms with E-state index in [1.165, 1.54) is 0 Å². The van der Waals surface area contributed by atoms with E-state index in [0.29, 0.717) is 39.2 Å². The number of ether oxygens (including phenoxy) is 1. The number of rotatable bonds is 4. The van der Waals surface area contributed by atoms with E-state index >= 15 is 0 Å². The summed E-state index contributed by atoms with van der Waals surface area (Å²) in [5, 5.41) is 0. The van der Waals surface area contributed by atoms with Crippen LogP contribution in [0, 0.1) is 0 Å². The SMILES string of the molecule is NC(CC(=O)N1CCN(C(=O)C2CCCO2)CC1)c1ccccc1. The molecule has 2 amide bonds. The summed E-state index contributed by atoms with van der Waals surface area (Å²) in [4.78, 5) is 28.4. The largest absolute Gasteiger partial charge is 0.368 e. The van der Waals surface area contributed by atoms with Crippen LogP contribution in [0.4, 0.5) is 0 Å². The maximum absolute atomic E-state index is 12.4. The third-order valence-electron chi connectivity index (χ3n) is 4.77. The van der Waals surface area contributed by atoms with Crippen LogP contribution in [0.25, 0.3) is 0 Å². The second-order valence-corrected chi connectivity index (χ2v) is 6.43. The molecule has 2 fully saturated rings. The zero-order chi connectivity index (χ0) is 16.9. The number of hydrogen-bond donors (Lipinski definition) is 1. The molecule has 2 heterocycles. The summed E-state index contributed by atoms with van der Waals surface area (Å²) >= 11 is 0. The summed E-state index contributed by atoms with van der Waals surface area (Å²) in [5.74, 6) is 0.121. The first-order chi connectivity index (χ1) is 11.6. The first kappa shape index (κ1) is 16.9. The van der Waals surface area contributed by atoms with E-state index in [1.807, 2.05) is 40.1 Å². The molecule has 0 aliphatic carbocycles. The highest BCUT2D eigenvalue weighted by molar-refractivity contribution is 5.82. The van der Waals surface area contributed by atoms with Gasteiger partial charge in [-0.2, -0.15) is 0 Å². The van der Waals surface area contributed by atoms with Crippen molar-refractivity contribution in [2.45, 2.75) is 31.4 Å². The van der Waals surface area contributed by atoms with Crippen molar-refractivity contribution in [3.05, 3.63) is 35.9 Å². The van der Waals surface area contributed by atoms with Crippen LogP contribution in [-0.4, -0.2) is 60.5 Å². The van der Waals surface area contributed by atoms with Crippen molar-refractivity contribution >= 4 is 11.8 Å². The standard InChI is InChI=1S/C18H25N3O3/c19-15(14-5-2-1-3-6-14)13-17(22)20-8-10-21(11-9-20)18(23)16-7-4-12-24-16/h1-3,5-6,15-16H,4,7-13,19H2. The molecule has 24 heavy (non-hydrogen) atoms. The number of carbonyl (C=O) groups excluding carboxylic acids is 2. The van der Waals surface area contributed by atoms with Crippen LogP contribution in [-0.2, 0) is 14.3 Å². The smallest absolute Gasteiger partial charge is 0.251 e. The monoisotopic (exact) mass is 331 g/mol. The number of nitrogens with two attached hydrogens (primary N) is 1. The maximum atomic E-state index is 12.4. The van der Waals surface area contributed by atoms with Gasteiger partial charge in [-0.1, -0.05) is 30.3 Å². The van der Waals surface area contributed by atoms with E-state index in [4.69, 9.17) is 10.5 Å². The lowest BCUT2D eigenvalue weighted by Crippen LogP contribution is -2.53. The van der Waals surface area contributed by atoms with Gasteiger partial charge in [-0.15, -0.1) is 0 Å². The normalized spacial score (nSPS) is 22.5. The summed E-state index contributed by atoms with van der Waals surface area (Å²) < 4.78 is 5.46. The molecule has 3 rings (SSSR count). The van der Waals surface area contributed by atoms with Gasteiger partial charge in [-0.05, 0) is 18.4 Å². The van der Waals surface area contributed by atoms with Crippen molar-refractivity contribution in [3.8, 4) is 0 Å². The molecule has 0 bridgehead atoms. The Morgan fingerprint density at radius 1 is 1.12 bits per heavy atom. The lowest BCUT2D eigenvalue weighted by molar-refractivity contribution is -0.146. The van der Waals surface area contributed by atoms with Gasteiger partial charge >= 0.3 is 0 Å². The van der Waals surface area contributed by atoms with E-state index in [2.05, 4.69) is 0 Å². The highest BCUT2D eigenvalue weighted by Gasteiger charge is 2.31. The Labute approximate surface area is 142 Å².